The van der Waals surface area contributed by atoms with Gasteiger partial charge in [0.05, 0.1) is 16.5 Å². The molecule has 1 amide bonds. The van der Waals surface area contributed by atoms with E-state index in [4.69, 9.17) is 0 Å². The lowest BCUT2D eigenvalue weighted by Crippen LogP contribution is -2.30. The number of benzene rings is 3. The Morgan fingerprint density at radius 3 is 2.45 bits per heavy atom. The van der Waals surface area contributed by atoms with E-state index < -0.39 is 28.4 Å². The maximum absolute atomic E-state index is 13.4. The van der Waals surface area contributed by atoms with Crippen molar-refractivity contribution in [1.29, 1.82) is 0 Å². The minimum atomic E-state index is -1.05. The minimum absolute atomic E-state index is 0.143. The number of nitro benzene ring substituents is 1. The predicted octanol–water partition coefficient (Wildman–Crippen LogP) is 6.23. The summed E-state index contributed by atoms with van der Waals surface area (Å²) in [5, 5.41) is 30.7. The number of aliphatic hydroxyl groups excluding tert-OH is 1. The van der Waals surface area contributed by atoms with Gasteiger partial charge < -0.3 is 5.11 Å². The first-order chi connectivity index (χ1) is 19.3. The molecule has 0 saturated heterocycles. The lowest BCUT2D eigenvalue weighted by Gasteiger charge is -2.23. The number of allylic oxidation sites excluding steroid dienone is 1. The Bertz CT molecular complexity index is 1630. The van der Waals surface area contributed by atoms with Gasteiger partial charge >= 0.3 is 0 Å². The van der Waals surface area contributed by atoms with Gasteiger partial charge in [0.15, 0.2) is 15.9 Å². The molecule has 3 aromatic carbocycles. The first kappa shape index (κ1) is 27.0. The Balaban J connectivity index is 1.47. The molecule has 1 N–H and O–H groups in total. The number of hydrogen-bond acceptors (Lipinski definition) is 9. The minimum Gasteiger partial charge on any atom is -0.503 e. The lowest BCUT2D eigenvalue weighted by atomic mass is 9.95. The predicted molar refractivity (Wildman–Crippen MR) is 154 cm³/mol. The van der Waals surface area contributed by atoms with Crippen LogP contribution in [0.15, 0.2) is 101 Å². The van der Waals surface area contributed by atoms with Crippen LogP contribution in [0.2, 0.25) is 0 Å². The molecule has 0 spiro atoms. The van der Waals surface area contributed by atoms with Gasteiger partial charge in [0.1, 0.15) is 0 Å². The Hall–Kier alpha value is -4.61. The average molecular weight is 571 g/mol. The van der Waals surface area contributed by atoms with E-state index in [-0.39, 0.29) is 16.4 Å². The molecule has 1 aliphatic heterocycles. The largest absolute Gasteiger partial charge is 0.503 e. The number of aliphatic hydroxyl groups is 1. The van der Waals surface area contributed by atoms with Crippen molar-refractivity contribution in [1.82, 2.24) is 10.2 Å². The third kappa shape index (κ3) is 5.70. The van der Waals surface area contributed by atoms with Crippen molar-refractivity contribution in [2.75, 3.05) is 4.90 Å². The Morgan fingerprint density at radius 2 is 1.77 bits per heavy atom. The summed E-state index contributed by atoms with van der Waals surface area (Å²) >= 11 is 2.61. The monoisotopic (exact) mass is 570 g/mol. The molecule has 1 atom stereocenters. The number of anilines is 1. The van der Waals surface area contributed by atoms with Crippen molar-refractivity contribution in [2.45, 2.75) is 23.1 Å². The number of hydrogen-bond donors (Lipinski definition) is 1. The van der Waals surface area contributed by atoms with Crippen molar-refractivity contribution in [3.63, 3.8) is 0 Å². The Morgan fingerprint density at radius 1 is 1.07 bits per heavy atom. The topological polar surface area (TPSA) is 127 Å². The summed E-state index contributed by atoms with van der Waals surface area (Å²) in [5.41, 5.74) is 3.15. The van der Waals surface area contributed by atoms with Crippen LogP contribution in [0.3, 0.4) is 0 Å². The zero-order valence-corrected chi connectivity index (χ0v) is 22.8. The highest BCUT2D eigenvalue weighted by molar-refractivity contribution is 8.00. The fourth-order valence-corrected chi connectivity index (χ4v) is 5.98. The van der Waals surface area contributed by atoms with Crippen LogP contribution in [0.25, 0.3) is 6.08 Å². The number of amides is 1. The van der Waals surface area contributed by atoms with Gasteiger partial charge in [0, 0.05) is 17.9 Å². The normalized spacial score (nSPS) is 15.3. The fraction of sp³-hybridized carbons (Fsp3) is 0.103. The van der Waals surface area contributed by atoms with Crippen LogP contribution in [0, 0.1) is 17.0 Å². The van der Waals surface area contributed by atoms with Crippen molar-refractivity contribution >= 4 is 51.7 Å². The van der Waals surface area contributed by atoms with Gasteiger partial charge in [0.2, 0.25) is 5.13 Å². The van der Waals surface area contributed by atoms with Gasteiger partial charge in [0.25, 0.3) is 11.6 Å². The third-order valence-corrected chi connectivity index (χ3v) is 8.33. The van der Waals surface area contributed by atoms with Crippen molar-refractivity contribution in [3.8, 4) is 0 Å². The van der Waals surface area contributed by atoms with Gasteiger partial charge in [-0.15, -0.1) is 10.2 Å². The third-order valence-electron chi connectivity index (χ3n) is 6.20. The Labute approximate surface area is 237 Å². The molecule has 200 valence electrons. The SMILES string of the molecule is Cc1ccc(CSc2nnc(N3C(=O)C(O)=C(C(=O)C=Cc4ccccc4)C3c3ccc([N+](=O)[O-])cc3)s2)cc1. The number of rotatable bonds is 9. The number of non-ortho nitro benzene ring substituents is 1. The number of carbonyl (C=O) groups is 2. The number of ketones is 1. The van der Waals surface area contributed by atoms with Crippen molar-refractivity contribution in [2.24, 2.45) is 0 Å². The van der Waals surface area contributed by atoms with E-state index in [1.807, 2.05) is 61.5 Å². The number of nitro groups is 1. The van der Waals surface area contributed by atoms with Crippen LogP contribution in [0.5, 0.6) is 0 Å². The number of aromatic nitrogens is 2. The number of carbonyl (C=O) groups excluding carboxylic acids is 2. The lowest BCUT2D eigenvalue weighted by molar-refractivity contribution is -0.384. The van der Waals surface area contributed by atoms with E-state index in [0.29, 0.717) is 15.7 Å². The van der Waals surface area contributed by atoms with Crippen LogP contribution in [0.4, 0.5) is 10.8 Å². The number of nitrogens with zero attached hydrogens (tertiary/aromatic N) is 4. The second-order valence-electron chi connectivity index (χ2n) is 8.92. The van der Waals surface area contributed by atoms with E-state index in [1.165, 1.54) is 47.0 Å². The average Bonchev–Trinajstić information content (AvgIpc) is 3.54. The zero-order valence-electron chi connectivity index (χ0n) is 21.1. The molecule has 9 nitrogen and oxygen atoms in total. The molecule has 1 aromatic heterocycles. The highest BCUT2D eigenvalue weighted by atomic mass is 32.2. The van der Waals surface area contributed by atoms with Crippen LogP contribution < -0.4 is 4.90 Å². The molecule has 1 aliphatic rings. The van der Waals surface area contributed by atoms with Gasteiger partial charge in [-0.2, -0.15) is 0 Å². The zero-order chi connectivity index (χ0) is 28.2. The van der Waals surface area contributed by atoms with E-state index in [9.17, 15) is 24.8 Å². The maximum Gasteiger partial charge on any atom is 0.296 e. The van der Waals surface area contributed by atoms with E-state index in [1.54, 1.807) is 6.08 Å². The van der Waals surface area contributed by atoms with Crippen LogP contribution in [-0.2, 0) is 15.3 Å². The molecular weight excluding hydrogens is 548 g/mol. The molecular formula is C29H22N4O5S2. The quantitative estimate of drug-likeness (QED) is 0.0825. The number of aryl methyl sites for hydroxylation is 1. The van der Waals surface area contributed by atoms with E-state index >= 15 is 0 Å². The number of thioether (sulfide) groups is 1. The molecule has 11 heteroatoms. The summed E-state index contributed by atoms with van der Waals surface area (Å²) < 4.78 is 0.606. The van der Waals surface area contributed by atoms with Crippen LogP contribution in [-0.4, -0.2) is 31.9 Å². The molecule has 1 unspecified atom stereocenters. The molecule has 0 radical (unpaired) electrons. The van der Waals surface area contributed by atoms with Gasteiger partial charge in [-0.25, -0.2) is 0 Å². The highest BCUT2D eigenvalue weighted by Gasteiger charge is 2.45. The molecule has 40 heavy (non-hydrogen) atoms. The molecule has 0 fully saturated rings. The van der Waals surface area contributed by atoms with Crippen LogP contribution in [0.1, 0.15) is 28.3 Å². The smallest absolute Gasteiger partial charge is 0.296 e. The first-order valence-electron chi connectivity index (χ1n) is 12.1. The summed E-state index contributed by atoms with van der Waals surface area (Å²) in [5.74, 6) is -1.42. The maximum atomic E-state index is 13.4. The van der Waals surface area contributed by atoms with Crippen LogP contribution >= 0.6 is 23.1 Å². The summed E-state index contributed by atoms with van der Waals surface area (Å²) in [4.78, 5) is 38.6. The van der Waals surface area contributed by atoms with E-state index in [0.717, 1.165) is 28.0 Å². The molecule has 0 saturated carbocycles. The molecule has 0 aliphatic carbocycles. The van der Waals surface area contributed by atoms with Crippen molar-refractivity contribution in [3.05, 3.63) is 129 Å². The molecule has 5 rings (SSSR count). The molecule has 2 heterocycles. The fourth-order valence-electron chi connectivity index (χ4n) is 4.16. The molecule has 0 bridgehead atoms. The second-order valence-corrected chi connectivity index (χ2v) is 11.1. The Kier molecular flexibility index (Phi) is 7.85. The summed E-state index contributed by atoms with van der Waals surface area (Å²) in [7, 11) is 0. The second kappa shape index (κ2) is 11.6. The van der Waals surface area contributed by atoms with E-state index in [2.05, 4.69) is 10.2 Å². The van der Waals surface area contributed by atoms with Gasteiger partial charge in [-0.3, -0.25) is 24.6 Å². The van der Waals surface area contributed by atoms with Gasteiger partial charge in [-0.05, 0) is 41.8 Å². The summed E-state index contributed by atoms with van der Waals surface area (Å²) in [6.07, 6.45) is 2.88. The molecule has 4 aromatic rings. The standard InChI is InChI=1S/C29H22N4O5S2/c1-18-7-9-20(10-8-18)17-39-29-31-30-28(40-29)32-25(21-12-14-22(15-13-21)33(37)38)24(26(35)27(32)36)23(34)16-11-19-5-3-2-4-6-19/h2-16,25,35H,17H2,1H3. The summed E-state index contributed by atoms with van der Waals surface area (Å²) in [6, 6.07) is 21.7. The van der Waals surface area contributed by atoms with Gasteiger partial charge in [-0.1, -0.05) is 89.3 Å². The highest BCUT2D eigenvalue weighted by Crippen LogP contribution is 2.43. The van der Waals surface area contributed by atoms with Crippen molar-refractivity contribution < 1.29 is 19.6 Å². The summed E-state index contributed by atoms with van der Waals surface area (Å²) in [6.45, 7) is 2.02. The first-order valence-corrected chi connectivity index (χ1v) is 13.9.